The van der Waals surface area contributed by atoms with Gasteiger partial charge in [-0.15, -0.1) is 0 Å². The summed E-state index contributed by atoms with van der Waals surface area (Å²) in [5.41, 5.74) is 4.72. The summed E-state index contributed by atoms with van der Waals surface area (Å²) in [6, 6.07) is 9.18. The molecule has 1 aromatic heterocycles. The Hall–Kier alpha value is -3.13. The summed E-state index contributed by atoms with van der Waals surface area (Å²) in [5.74, 6) is -2.79. The number of benzene rings is 2. The second-order valence-corrected chi connectivity index (χ2v) is 11.2. The number of carboxylic acid groups (broad SMARTS) is 1. The van der Waals surface area contributed by atoms with Gasteiger partial charge in [0.15, 0.2) is 0 Å². The van der Waals surface area contributed by atoms with Gasteiger partial charge in [-0.05, 0) is 81.0 Å². The number of hydrogen-bond acceptors (Lipinski definition) is 4. The summed E-state index contributed by atoms with van der Waals surface area (Å²) in [6.45, 7) is 7.32. The molecule has 0 radical (unpaired) electrons. The smallest absolute Gasteiger partial charge is 0.335 e. The highest BCUT2D eigenvalue weighted by atomic mass is 19.3. The zero-order chi connectivity index (χ0) is 26.5. The maximum Gasteiger partial charge on any atom is 0.335 e. The summed E-state index contributed by atoms with van der Waals surface area (Å²) in [6.07, 6.45) is 3.08. The lowest BCUT2D eigenvalue weighted by molar-refractivity contribution is -0.186. The largest absolute Gasteiger partial charge is 0.496 e. The third-order valence-electron chi connectivity index (χ3n) is 8.06. The fourth-order valence-corrected chi connectivity index (χ4v) is 6.44. The molecule has 0 unspecified atom stereocenters. The number of piperidine rings is 1. The Balaban J connectivity index is 1.57. The highest BCUT2D eigenvalue weighted by molar-refractivity contribution is 5.89. The van der Waals surface area contributed by atoms with Gasteiger partial charge in [0, 0.05) is 59.8 Å². The second kappa shape index (κ2) is 9.31. The van der Waals surface area contributed by atoms with Crippen molar-refractivity contribution < 1.29 is 23.4 Å². The van der Waals surface area contributed by atoms with Crippen LogP contribution in [0, 0.1) is 12.3 Å². The van der Waals surface area contributed by atoms with Crippen molar-refractivity contribution >= 4 is 22.6 Å². The van der Waals surface area contributed by atoms with Crippen LogP contribution in [-0.4, -0.2) is 46.6 Å². The van der Waals surface area contributed by atoms with Crippen LogP contribution in [0.15, 0.2) is 36.5 Å². The van der Waals surface area contributed by atoms with Gasteiger partial charge < -0.3 is 20.1 Å². The number of likely N-dealkylation sites (tertiary alicyclic amines) is 1. The molecule has 3 N–H and O–H groups in total. The lowest BCUT2D eigenvalue weighted by Gasteiger charge is -2.55. The maximum absolute atomic E-state index is 14.1. The van der Waals surface area contributed by atoms with E-state index in [1.807, 2.05) is 39.1 Å². The Bertz CT molecular complexity index is 1330. The van der Waals surface area contributed by atoms with Crippen LogP contribution in [-0.2, 0) is 6.54 Å². The number of anilines is 1. The first-order valence-electron chi connectivity index (χ1n) is 12.9. The molecule has 1 spiro atoms. The van der Waals surface area contributed by atoms with Gasteiger partial charge in [0.25, 0.3) is 0 Å². The number of halogens is 2. The summed E-state index contributed by atoms with van der Waals surface area (Å²) in [4.78, 5) is 17.4. The van der Waals surface area contributed by atoms with E-state index in [9.17, 15) is 18.7 Å². The number of aromatic carboxylic acids is 1. The zero-order valence-electron chi connectivity index (χ0n) is 21.8. The first-order valence-corrected chi connectivity index (χ1v) is 12.9. The quantitative estimate of drug-likeness (QED) is 0.327. The van der Waals surface area contributed by atoms with E-state index in [4.69, 9.17) is 4.74 Å². The molecule has 1 aliphatic carbocycles. The maximum atomic E-state index is 14.1. The summed E-state index contributed by atoms with van der Waals surface area (Å²) in [5, 5.41) is 14.1. The minimum Gasteiger partial charge on any atom is -0.496 e. The Morgan fingerprint density at radius 1 is 1.27 bits per heavy atom. The van der Waals surface area contributed by atoms with Gasteiger partial charge in [-0.3, -0.25) is 4.90 Å². The molecule has 2 heterocycles. The van der Waals surface area contributed by atoms with Crippen molar-refractivity contribution in [3.63, 3.8) is 0 Å². The lowest BCUT2D eigenvalue weighted by atomic mass is 9.58. The standard InChI is InChI=1S/C29H35F2N3O3/c1-17(2)33-23-12-19(27(35)36)5-6-21(23)24-13-28(15-29(30,31)16-28)8-10-34(24)14-22-20-7-9-32-26(20)18(3)11-25(22)37-4/h5-7,9,11-12,17,24,32-33H,8,10,13-16H2,1-4H3,(H,35,36)/t24-/m0/s1. The molecule has 2 aliphatic rings. The van der Waals surface area contributed by atoms with Gasteiger partial charge in [0.05, 0.1) is 12.7 Å². The van der Waals surface area contributed by atoms with Crippen molar-refractivity contribution in [2.24, 2.45) is 5.41 Å². The van der Waals surface area contributed by atoms with Gasteiger partial charge in [0.2, 0.25) is 5.92 Å². The normalized spacial score (nSPS) is 20.8. The molecule has 0 amide bonds. The minimum atomic E-state index is -2.60. The average Bonchev–Trinajstić information content (AvgIpc) is 3.31. The molecule has 2 fully saturated rings. The molecule has 1 aliphatic heterocycles. The number of methoxy groups -OCH3 is 1. The third-order valence-corrected chi connectivity index (χ3v) is 8.06. The number of nitrogens with one attached hydrogen (secondary N) is 2. The Morgan fingerprint density at radius 2 is 2.03 bits per heavy atom. The summed E-state index contributed by atoms with van der Waals surface area (Å²) >= 11 is 0. The number of aryl methyl sites for hydroxylation is 1. The molecule has 0 bridgehead atoms. The van der Waals surface area contributed by atoms with Crippen molar-refractivity contribution in [3.8, 4) is 5.75 Å². The van der Waals surface area contributed by atoms with Crippen molar-refractivity contribution in [2.45, 2.75) is 71.0 Å². The topological polar surface area (TPSA) is 77.6 Å². The molecular weight excluding hydrogens is 476 g/mol. The molecule has 37 heavy (non-hydrogen) atoms. The van der Waals surface area contributed by atoms with E-state index in [2.05, 4.69) is 21.3 Å². The Labute approximate surface area is 216 Å². The number of aromatic nitrogens is 1. The molecule has 198 valence electrons. The van der Waals surface area contributed by atoms with Crippen LogP contribution in [0.25, 0.3) is 10.9 Å². The van der Waals surface area contributed by atoms with E-state index in [-0.39, 0.29) is 30.5 Å². The summed E-state index contributed by atoms with van der Waals surface area (Å²) in [7, 11) is 1.67. The number of carbonyl (C=O) groups is 1. The number of carboxylic acids is 1. The Morgan fingerprint density at radius 3 is 2.68 bits per heavy atom. The second-order valence-electron chi connectivity index (χ2n) is 11.2. The van der Waals surface area contributed by atoms with Crippen molar-refractivity contribution in [2.75, 3.05) is 19.0 Å². The fraction of sp³-hybridized carbons (Fsp3) is 0.483. The van der Waals surface area contributed by atoms with E-state index in [1.165, 1.54) is 0 Å². The number of alkyl halides is 2. The Kier molecular flexibility index (Phi) is 6.42. The molecule has 6 nitrogen and oxygen atoms in total. The number of rotatable bonds is 7. The van der Waals surface area contributed by atoms with Crippen molar-refractivity contribution in [1.82, 2.24) is 9.88 Å². The molecule has 3 aromatic rings. The first kappa shape index (κ1) is 25.5. The predicted molar refractivity (Wildman–Crippen MR) is 141 cm³/mol. The van der Waals surface area contributed by atoms with Crippen molar-refractivity contribution in [3.05, 3.63) is 58.8 Å². The number of hydrogen-bond donors (Lipinski definition) is 3. The van der Waals surface area contributed by atoms with Gasteiger partial charge in [0.1, 0.15) is 5.75 Å². The number of ether oxygens (including phenoxy) is 1. The monoisotopic (exact) mass is 511 g/mol. The lowest BCUT2D eigenvalue weighted by Crippen LogP contribution is -2.53. The van der Waals surface area contributed by atoms with E-state index in [1.54, 1.807) is 19.2 Å². The minimum absolute atomic E-state index is 0.0819. The number of nitrogens with zero attached hydrogens (tertiary/aromatic N) is 1. The molecule has 1 saturated heterocycles. The number of aromatic amines is 1. The van der Waals surface area contributed by atoms with Crippen LogP contribution < -0.4 is 10.1 Å². The molecule has 1 atom stereocenters. The first-order chi connectivity index (χ1) is 17.5. The molecule has 5 rings (SSSR count). The highest BCUT2D eigenvalue weighted by Gasteiger charge is 2.58. The zero-order valence-corrected chi connectivity index (χ0v) is 21.8. The van der Waals surface area contributed by atoms with E-state index >= 15 is 0 Å². The number of H-pyrrole nitrogens is 1. The van der Waals surface area contributed by atoms with Gasteiger partial charge in [-0.2, -0.15) is 0 Å². The van der Waals surface area contributed by atoms with Crippen LogP contribution in [0.4, 0.5) is 14.5 Å². The number of fused-ring (bicyclic) bond motifs is 1. The van der Waals surface area contributed by atoms with Crippen molar-refractivity contribution in [1.29, 1.82) is 0 Å². The van der Waals surface area contributed by atoms with E-state index in [0.717, 1.165) is 39.0 Å². The van der Waals surface area contributed by atoms with Crippen LogP contribution >= 0.6 is 0 Å². The molecule has 2 aromatic carbocycles. The van der Waals surface area contributed by atoms with Gasteiger partial charge in [-0.1, -0.05) is 6.07 Å². The average molecular weight is 512 g/mol. The molecular formula is C29H35F2N3O3. The van der Waals surface area contributed by atoms with Crippen LogP contribution in [0.3, 0.4) is 0 Å². The SMILES string of the molecule is COc1cc(C)c2[nH]ccc2c1CN1CCC2(C[C@H]1c1ccc(C(=O)O)cc1NC(C)C)CC(F)(F)C2. The van der Waals surface area contributed by atoms with Crippen LogP contribution in [0.5, 0.6) is 5.75 Å². The van der Waals surface area contributed by atoms with Gasteiger partial charge >= 0.3 is 5.97 Å². The highest BCUT2D eigenvalue weighted by Crippen LogP contribution is 2.61. The third kappa shape index (κ3) is 4.79. The van der Waals surface area contributed by atoms with Gasteiger partial charge in [-0.25, -0.2) is 13.6 Å². The van der Waals surface area contributed by atoms with E-state index < -0.39 is 17.3 Å². The van der Waals surface area contributed by atoms with Crippen LogP contribution in [0.2, 0.25) is 0 Å². The summed E-state index contributed by atoms with van der Waals surface area (Å²) < 4.78 is 34.0. The molecule has 8 heteroatoms. The van der Waals surface area contributed by atoms with Crippen LogP contribution in [0.1, 0.15) is 72.6 Å². The predicted octanol–water partition coefficient (Wildman–Crippen LogP) is 6.76. The van der Waals surface area contributed by atoms with E-state index in [0.29, 0.717) is 25.9 Å². The fourth-order valence-electron chi connectivity index (χ4n) is 6.44. The molecule has 1 saturated carbocycles.